The van der Waals surface area contributed by atoms with Gasteiger partial charge in [0.15, 0.2) is 5.78 Å². The Morgan fingerprint density at radius 1 is 1.25 bits per heavy atom. The van der Waals surface area contributed by atoms with E-state index in [1.807, 2.05) is 13.2 Å². The average molecular weight is 328 g/mol. The zero-order valence-electron chi connectivity index (χ0n) is 15.3. The molecule has 1 aromatic heterocycles. The number of ketones is 1. The molecule has 0 bridgehead atoms. The Labute approximate surface area is 144 Å². The molecule has 0 amide bonds. The van der Waals surface area contributed by atoms with Gasteiger partial charge in [-0.25, -0.2) is 0 Å². The summed E-state index contributed by atoms with van der Waals surface area (Å²) in [5, 5.41) is 1.11. The number of rotatable bonds is 7. The molecule has 0 aliphatic carbocycles. The molecule has 4 nitrogen and oxygen atoms in total. The number of benzene rings is 1. The van der Waals surface area contributed by atoms with Crippen LogP contribution >= 0.6 is 0 Å². The van der Waals surface area contributed by atoms with Crippen molar-refractivity contribution in [2.75, 3.05) is 13.2 Å². The van der Waals surface area contributed by atoms with Gasteiger partial charge >= 0.3 is 0 Å². The van der Waals surface area contributed by atoms with Crippen molar-refractivity contribution in [3.63, 3.8) is 0 Å². The molecule has 0 N–H and O–H groups in total. The summed E-state index contributed by atoms with van der Waals surface area (Å²) in [5.74, 6) is 0.253. The number of carbonyl (C=O) groups is 1. The molecule has 1 aliphatic heterocycles. The van der Waals surface area contributed by atoms with Gasteiger partial charge in [-0.1, -0.05) is 6.92 Å². The Bertz CT molecular complexity index is 746. The Morgan fingerprint density at radius 2 is 1.96 bits per heavy atom. The predicted molar refractivity (Wildman–Crippen MR) is 97.4 cm³/mol. The van der Waals surface area contributed by atoms with Crippen molar-refractivity contribution in [2.45, 2.75) is 52.8 Å². The highest BCUT2D eigenvalue weighted by molar-refractivity contribution is 6.08. The van der Waals surface area contributed by atoms with Crippen molar-refractivity contribution in [3.8, 4) is 0 Å². The third kappa shape index (κ3) is 3.40. The summed E-state index contributed by atoms with van der Waals surface area (Å²) in [5.41, 5.74) is 4.76. The molecule has 2 heterocycles. The molecule has 0 saturated carbocycles. The normalized spacial score (nSPS) is 14.7. The lowest BCUT2D eigenvalue weighted by Crippen LogP contribution is -2.23. The first-order valence-electron chi connectivity index (χ1n) is 8.97. The summed E-state index contributed by atoms with van der Waals surface area (Å²) in [4.78, 5) is 14.8. The van der Waals surface area contributed by atoms with Gasteiger partial charge in [-0.15, -0.1) is 0 Å². The van der Waals surface area contributed by atoms with E-state index in [2.05, 4.69) is 42.4 Å². The van der Waals surface area contributed by atoms with Crippen molar-refractivity contribution in [1.29, 1.82) is 0 Å². The molecule has 0 radical (unpaired) electrons. The summed E-state index contributed by atoms with van der Waals surface area (Å²) in [6, 6.07) is 4.49. The van der Waals surface area contributed by atoms with Crippen molar-refractivity contribution in [1.82, 2.24) is 9.47 Å². The first-order valence-corrected chi connectivity index (χ1v) is 8.97. The van der Waals surface area contributed by atoms with Crippen LogP contribution in [0.15, 0.2) is 18.3 Å². The molecular formula is C20H28N2O2. The minimum Gasteiger partial charge on any atom is -0.377 e. The van der Waals surface area contributed by atoms with Crippen LogP contribution < -0.4 is 0 Å². The summed E-state index contributed by atoms with van der Waals surface area (Å²) >= 11 is 0. The van der Waals surface area contributed by atoms with E-state index in [1.54, 1.807) is 0 Å². The lowest BCUT2D eigenvalue weighted by atomic mass is 10.0. The van der Waals surface area contributed by atoms with E-state index in [0.717, 1.165) is 49.1 Å². The van der Waals surface area contributed by atoms with Gasteiger partial charge in [-0.05, 0) is 43.5 Å². The van der Waals surface area contributed by atoms with E-state index in [0.29, 0.717) is 6.42 Å². The highest BCUT2D eigenvalue weighted by atomic mass is 16.5. The van der Waals surface area contributed by atoms with E-state index in [9.17, 15) is 4.79 Å². The molecule has 130 valence electrons. The molecular weight excluding hydrogens is 300 g/mol. The summed E-state index contributed by atoms with van der Waals surface area (Å²) in [6.07, 6.45) is 3.79. The lowest BCUT2D eigenvalue weighted by Gasteiger charge is -2.15. The van der Waals surface area contributed by atoms with Crippen LogP contribution in [0.3, 0.4) is 0 Å². The van der Waals surface area contributed by atoms with Gasteiger partial charge in [0, 0.05) is 55.8 Å². The lowest BCUT2D eigenvalue weighted by molar-refractivity contribution is 0.0584. The molecule has 0 fully saturated rings. The van der Waals surface area contributed by atoms with Crippen LogP contribution in [0.1, 0.15) is 55.1 Å². The number of ether oxygens (including phenoxy) is 1. The molecule has 3 rings (SSSR count). The summed E-state index contributed by atoms with van der Waals surface area (Å²) in [7, 11) is 2.03. The number of hydrogen-bond donors (Lipinski definition) is 0. The van der Waals surface area contributed by atoms with Crippen LogP contribution in [-0.4, -0.2) is 34.5 Å². The molecule has 0 spiro atoms. The minimum absolute atomic E-state index is 0.253. The van der Waals surface area contributed by atoms with E-state index < -0.39 is 0 Å². The van der Waals surface area contributed by atoms with Gasteiger partial charge in [0.25, 0.3) is 0 Å². The molecule has 1 aliphatic rings. The van der Waals surface area contributed by atoms with Crippen LogP contribution in [-0.2, 0) is 24.9 Å². The van der Waals surface area contributed by atoms with Crippen LogP contribution in [0.4, 0.5) is 0 Å². The van der Waals surface area contributed by atoms with Gasteiger partial charge in [-0.3, -0.25) is 9.69 Å². The maximum absolute atomic E-state index is 12.4. The molecule has 0 unspecified atom stereocenters. The fourth-order valence-corrected chi connectivity index (χ4v) is 3.51. The maximum Gasteiger partial charge on any atom is 0.165 e. The van der Waals surface area contributed by atoms with Crippen molar-refractivity contribution in [2.24, 2.45) is 7.05 Å². The van der Waals surface area contributed by atoms with E-state index in [-0.39, 0.29) is 11.9 Å². The highest BCUT2D eigenvalue weighted by Crippen LogP contribution is 2.31. The molecule has 1 aromatic carbocycles. The van der Waals surface area contributed by atoms with Crippen LogP contribution in [0.2, 0.25) is 0 Å². The first-order chi connectivity index (χ1) is 11.5. The van der Waals surface area contributed by atoms with E-state index in [4.69, 9.17) is 4.74 Å². The minimum atomic E-state index is 0.253. The molecule has 4 heteroatoms. The standard InChI is InChI=1S/C20H28N2O2/c1-5-6-20(23)18-13-21(4)19-10-16-12-22(7-8-24-14(2)3)11-15(16)9-17(18)19/h9-10,13-14H,5-8,11-12H2,1-4H3. The van der Waals surface area contributed by atoms with E-state index in [1.165, 1.54) is 11.1 Å². The largest absolute Gasteiger partial charge is 0.377 e. The SMILES string of the molecule is CCCC(=O)c1cn(C)c2cc3c(cc12)CN(CCOC(C)C)C3. The molecule has 24 heavy (non-hydrogen) atoms. The predicted octanol–water partition coefficient (Wildman–Crippen LogP) is 3.90. The number of fused-ring (bicyclic) bond motifs is 2. The Morgan fingerprint density at radius 3 is 2.62 bits per heavy atom. The topological polar surface area (TPSA) is 34.5 Å². The van der Waals surface area contributed by atoms with Crippen molar-refractivity contribution < 1.29 is 9.53 Å². The fourth-order valence-electron chi connectivity index (χ4n) is 3.51. The fraction of sp³-hybridized carbons (Fsp3) is 0.550. The van der Waals surface area contributed by atoms with Crippen molar-refractivity contribution >= 4 is 16.7 Å². The average Bonchev–Trinajstić information content (AvgIpc) is 3.06. The first kappa shape index (κ1) is 17.2. The molecule has 0 atom stereocenters. The second-order valence-electron chi connectivity index (χ2n) is 7.10. The van der Waals surface area contributed by atoms with Gasteiger partial charge in [0.2, 0.25) is 0 Å². The summed E-state index contributed by atoms with van der Waals surface area (Å²) in [6.45, 7) is 9.83. The quantitative estimate of drug-likeness (QED) is 0.723. The number of aryl methyl sites for hydroxylation is 1. The van der Waals surface area contributed by atoms with Gasteiger partial charge in [0.05, 0.1) is 12.7 Å². The Hall–Kier alpha value is -1.65. The van der Waals surface area contributed by atoms with E-state index >= 15 is 0 Å². The van der Waals surface area contributed by atoms with Crippen LogP contribution in [0.5, 0.6) is 0 Å². The third-order valence-corrected chi connectivity index (χ3v) is 4.73. The number of nitrogens with zero attached hydrogens (tertiary/aromatic N) is 2. The second-order valence-corrected chi connectivity index (χ2v) is 7.10. The maximum atomic E-state index is 12.4. The van der Waals surface area contributed by atoms with Gasteiger partial charge in [-0.2, -0.15) is 0 Å². The zero-order chi connectivity index (χ0) is 17.3. The van der Waals surface area contributed by atoms with Crippen molar-refractivity contribution in [3.05, 3.63) is 35.0 Å². The van der Waals surface area contributed by atoms with Gasteiger partial charge < -0.3 is 9.30 Å². The number of Topliss-reactive ketones (excluding diaryl/α,β-unsaturated/α-hetero) is 1. The number of hydrogen-bond acceptors (Lipinski definition) is 3. The number of carbonyl (C=O) groups excluding carboxylic acids is 1. The number of aromatic nitrogens is 1. The molecule has 0 saturated heterocycles. The monoisotopic (exact) mass is 328 g/mol. The molecule has 2 aromatic rings. The van der Waals surface area contributed by atoms with Crippen LogP contribution in [0, 0.1) is 0 Å². The van der Waals surface area contributed by atoms with Gasteiger partial charge in [0.1, 0.15) is 0 Å². The smallest absolute Gasteiger partial charge is 0.165 e. The highest BCUT2D eigenvalue weighted by Gasteiger charge is 2.22. The Kier molecular flexibility index (Phi) is 5.07. The van der Waals surface area contributed by atoms with Crippen LogP contribution in [0.25, 0.3) is 10.9 Å². The third-order valence-electron chi connectivity index (χ3n) is 4.73. The summed E-state index contributed by atoms with van der Waals surface area (Å²) < 4.78 is 7.76. The zero-order valence-corrected chi connectivity index (χ0v) is 15.3. The second kappa shape index (κ2) is 7.08. The Balaban J connectivity index is 1.82.